The van der Waals surface area contributed by atoms with E-state index in [4.69, 9.17) is 13.1 Å². The van der Waals surface area contributed by atoms with Gasteiger partial charge in [-0.05, 0) is 110 Å². The van der Waals surface area contributed by atoms with Crippen LogP contribution >= 0.6 is 0 Å². The molecule has 0 saturated carbocycles. The smallest absolute Gasteiger partial charge is 0.262 e. The lowest BCUT2D eigenvalue weighted by molar-refractivity contribution is -0.136. The van der Waals surface area contributed by atoms with Crippen molar-refractivity contribution in [1.82, 2.24) is 20.0 Å². The topological polar surface area (TPSA) is 122 Å². The Morgan fingerprint density at radius 3 is 2.07 bits per heavy atom. The van der Waals surface area contributed by atoms with Crippen LogP contribution in [-0.4, -0.2) is 95.6 Å². The van der Waals surface area contributed by atoms with Crippen molar-refractivity contribution in [3.8, 4) is 0 Å². The van der Waals surface area contributed by atoms with E-state index in [-0.39, 0.29) is 24.2 Å². The highest BCUT2D eigenvalue weighted by Gasteiger charge is 2.46. The molecule has 296 valence electrons. The molecule has 4 saturated heterocycles. The van der Waals surface area contributed by atoms with E-state index < -0.39 is 29.7 Å². The van der Waals surface area contributed by atoms with Crippen LogP contribution in [0.15, 0.2) is 54.6 Å². The number of imide groups is 2. The summed E-state index contributed by atoms with van der Waals surface area (Å²) in [5, 5.41) is 2.25. The van der Waals surface area contributed by atoms with Crippen LogP contribution in [0.5, 0.6) is 0 Å². The van der Waals surface area contributed by atoms with E-state index >= 15 is 0 Å². The first-order valence-electron chi connectivity index (χ1n) is 20.4. The monoisotopic (exact) mass is 778 g/mol. The Labute approximate surface area is 338 Å². The number of carbonyl (C=O) groups excluding carboxylic acids is 5. The van der Waals surface area contributed by atoms with Gasteiger partial charge >= 0.3 is 0 Å². The molecule has 3 aromatic rings. The van der Waals surface area contributed by atoms with E-state index in [1.807, 2.05) is 41.3 Å². The Kier molecular flexibility index (Phi) is 9.52. The molecule has 2 atom stereocenters. The van der Waals surface area contributed by atoms with E-state index in [0.29, 0.717) is 66.2 Å². The number of fused-ring (bicyclic) bond motifs is 2. The summed E-state index contributed by atoms with van der Waals surface area (Å²) in [7, 11) is 0. The summed E-state index contributed by atoms with van der Waals surface area (Å²) in [5.41, 5.74) is 6.60. The lowest BCUT2D eigenvalue weighted by Gasteiger charge is -2.40. The number of hydrogen-bond donors (Lipinski definition) is 1. The summed E-state index contributed by atoms with van der Waals surface area (Å²) in [6.45, 7) is 23.6. The molecule has 0 aromatic heterocycles. The minimum absolute atomic E-state index is 0.0669. The molecule has 5 amide bonds. The molecule has 9 rings (SSSR count). The van der Waals surface area contributed by atoms with Gasteiger partial charge in [-0.1, -0.05) is 12.1 Å². The first kappa shape index (κ1) is 37.5. The van der Waals surface area contributed by atoms with Crippen molar-refractivity contribution in [3.05, 3.63) is 105 Å². The number of nitrogens with zero attached hydrogens (tertiary/aromatic N) is 7. The highest BCUT2D eigenvalue weighted by molar-refractivity contribution is 6.23. The number of anilines is 2. The van der Waals surface area contributed by atoms with Gasteiger partial charge in [0.25, 0.3) is 17.7 Å². The molecule has 6 aliphatic rings. The van der Waals surface area contributed by atoms with E-state index in [1.54, 1.807) is 6.07 Å². The molecule has 4 fully saturated rings. The molecule has 0 radical (unpaired) electrons. The van der Waals surface area contributed by atoms with Gasteiger partial charge in [-0.15, -0.1) is 0 Å². The van der Waals surface area contributed by atoms with Gasteiger partial charge in [0.2, 0.25) is 11.8 Å². The predicted molar refractivity (Wildman–Crippen MR) is 217 cm³/mol. The zero-order valence-corrected chi connectivity index (χ0v) is 32.7. The average molecular weight is 779 g/mol. The number of nitrogens with one attached hydrogen (secondary N) is 1. The molecule has 1 spiro atoms. The van der Waals surface area contributed by atoms with Crippen LogP contribution in [0.1, 0.15) is 94.1 Å². The number of benzene rings is 3. The number of piperidine rings is 3. The number of likely N-dealkylation sites (tertiary alicyclic amines) is 1. The SMILES string of the molecule is [C-]#[N+]c1ccc(N2CC3(CCN(c4ccc(C(=O)N5CCC(CN6Cc7cc8c(cc7C6)C(=O)N(C6CCC(=O)NC6=O)C8=O)CC5)cc4)CC3)C[C@@H]2C)cc1[N+]#[C-]. The van der Waals surface area contributed by atoms with Crippen molar-refractivity contribution in [3.63, 3.8) is 0 Å². The molecule has 13 heteroatoms. The molecule has 3 aromatic carbocycles. The first-order chi connectivity index (χ1) is 28.0. The molecule has 6 heterocycles. The second-order valence-corrected chi connectivity index (χ2v) is 17.1. The fraction of sp³-hybridized carbons (Fsp3) is 0.444. The van der Waals surface area contributed by atoms with Gasteiger partial charge in [-0.3, -0.25) is 48.8 Å². The van der Waals surface area contributed by atoms with Crippen LogP contribution in [-0.2, 0) is 22.7 Å². The van der Waals surface area contributed by atoms with Crippen LogP contribution in [0, 0.1) is 24.5 Å². The van der Waals surface area contributed by atoms with Crippen molar-refractivity contribution >= 4 is 52.3 Å². The lowest BCUT2D eigenvalue weighted by atomic mass is 9.76. The van der Waals surface area contributed by atoms with Crippen LogP contribution < -0.4 is 15.1 Å². The Morgan fingerprint density at radius 1 is 0.810 bits per heavy atom. The summed E-state index contributed by atoms with van der Waals surface area (Å²) in [5.74, 6) is -1.46. The van der Waals surface area contributed by atoms with Crippen molar-refractivity contribution < 1.29 is 24.0 Å². The van der Waals surface area contributed by atoms with Crippen molar-refractivity contribution in [2.24, 2.45) is 11.3 Å². The van der Waals surface area contributed by atoms with Gasteiger partial charge in [0.05, 0.1) is 24.3 Å². The Morgan fingerprint density at radius 2 is 1.45 bits per heavy atom. The Hall–Kier alpha value is -6.05. The molecular formula is C45H46N8O5. The number of amides is 5. The number of rotatable bonds is 6. The highest BCUT2D eigenvalue weighted by Crippen LogP contribution is 2.47. The van der Waals surface area contributed by atoms with Crippen molar-refractivity contribution in [2.45, 2.75) is 77.0 Å². The fourth-order valence-electron chi connectivity index (χ4n) is 10.4. The number of carbonyl (C=O) groups is 5. The maximum Gasteiger partial charge on any atom is 0.262 e. The average Bonchev–Trinajstić information content (AvgIpc) is 3.86. The van der Waals surface area contributed by atoms with Crippen LogP contribution in [0.3, 0.4) is 0 Å². The quantitative estimate of drug-likeness (QED) is 0.241. The van der Waals surface area contributed by atoms with Gasteiger partial charge in [-0.2, -0.15) is 0 Å². The molecule has 13 nitrogen and oxygen atoms in total. The minimum atomic E-state index is -0.970. The Bertz CT molecular complexity index is 2270. The summed E-state index contributed by atoms with van der Waals surface area (Å²) in [6, 6.07) is 16.7. The van der Waals surface area contributed by atoms with Gasteiger partial charge in [0.1, 0.15) is 6.04 Å². The van der Waals surface area contributed by atoms with Gasteiger partial charge < -0.3 is 14.7 Å². The van der Waals surface area contributed by atoms with Crippen LogP contribution in [0.2, 0.25) is 0 Å². The van der Waals surface area contributed by atoms with E-state index in [0.717, 1.165) is 85.7 Å². The second-order valence-electron chi connectivity index (χ2n) is 17.1. The minimum Gasteiger partial charge on any atom is -0.371 e. The van der Waals surface area contributed by atoms with E-state index in [2.05, 4.69) is 48.8 Å². The molecule has 0 bridgehead atoms. The molecule has 58 heavy (non-hydrogen) atoms. The zero-order chi connectivity index (χ0) is 40.3. The zero-order valence-electron chi connectivity index (χ0n) is 32.7. The van der Waals surface area contributed by atoms with E-state index in [1.165, 1.54) is 0 Å². The lowest BCUT2D eigenvalue weighted by Crippen LogP contribution is -2.54. The number of hydrogen-bond acceptors (Lipinski definition) is 8. The third-order valence-electron chi connectivity index (χ3n) is 13.6. The summed E-state index contributed by atoms with van der Waals surface area (Å²) in [6.07, 6.45) is 5.31. The molecule has 1 unspecified atom stereocenters. The normalized spacial score (nSPS) is 23.2. The first-order valence-corrected chi connectivity index (χ1v) is 20.4. The van der Waals surface area contributed by atoms with Crippen LogP contribution in [0.4, 0.5) is 22.7 Å². The van der Waals surface area contributed by atoms with Crippen molar-refractivity contribution in [2.75, 3.05) is 49.1 Å². The van der Waals surface area contributed by atoms with Crippen LogP contribution in [0.25, 0.3) is 9.69 Å². The molecule has 1 N–H and O–H groups in total. The summed E-state index contributed by atoms with van der Waals surface area (Å²) >= 11 is 0. The van der Waals surface area contributed by atoms with Gasteiger partial charge in [0, 0.05) is 81.8 Å². The van der Waals surface area contributed by atoms with Crippen molar-refractivity contribution in [1.29, 1.82) is 0 Å². The maximum atomic E-state index is 13.6. The van der Waals surface area contributed by atoms with Gasteiger partial charge in [0.15, 0.2) is 11.4 Å². The molecule has 6 aliphatic heterocycles. The van der Waals surface area contributed by atoms with E-state index in [9.17, 15) is 24.0 Å². The Balaban J connectivity index is 0.746. The maximum absolute atomic E-state index is 13.6. The third-order valence-corrected chi connectivity index (χ3v) is 13.6. The standard InChI is InChI=1S/C45H46N8O5/c1-28-23-45(27-52(28)34-8-9-37(46-2)38(22-34)47-3)14-18-50(19-15-45)33-6-4-30(5-7-33)42(56)51-16-12-29(13-17-51)24-49-25-31-20-35-36(21-32(31)26-49)44(58)53(43(35)57)39-10-11-40(54)48-41(39)55/h4-9,20-22,28-29,39H,10-19,23-27H2,1H3,(H,48,54,55)/t28-,39?/m0/s1. The summed E-state index contributed by atoms with van der Waals surface area (Å²) < 4.78 is 0. The largest absolute Gasteiger partial charge is 0.371 e. The molecule has 0 aliphatic carbocycles. The predicted octanol–water partition coefficient (Wildman–Crippen LogP) is 5.94. The molecular weight excluding hydrogens is 733 g/mol. The second kappa shape index (κ2) is 14.7. The summed E-state index contributed by atoms with van der Waals surface area (Å²) in [4.78, 5) is 81.6. The van der Waals surface area contributed by atoms with Gasteiger partial charge in [-0.25, -0.2) is 0 Å². The fourth-order valence-corrected chi connectivity index (χ4v) is 10.4. The third kappa shape index (κ3) is 6.67. The highest BCUT2D eigenvalue weighted by atomic mass is 16.2.